The van der Waals surface area contributed by atoms with Crippen molar-refractivity contribution in [1.29, 1.82) is 0 Å². The Hall–Kier alpha value is -0.630. The summed E-state index contributed by atoms with van der Waals surface area (Å²) in [6.45, 7) is 7.13. The number of hydrogen-bond acceptors (Lipinski definition) is 2. The van der Waals surface area contributed by atoms with Crippen molar-refractivity contribution in [2.75, 3.05) is 0 Å². The van der Waals surface area contributed by atoms with Crippen LogP contribution < -0.4 is 0 Å². The second-order valence-electron chi connectivity index (χ2n) is 9.88. The molecule has 134 valence electrons. The summed E-state index contributed by atoms with van der Waals surface area (Å²) in [6.07, 6.45) is 13.0. The lowest BCUT2D eigenvalue weighted by Crippen LogP contribution is -2.50. The summed E-state index contributed by atoms with van der Waals surface area (Å²) in [5, 5.41) is 10.1. The van der Waals surface area contributed by atoms with Crippen molar-refractivity contribution >= 4 is 6.29 Å². The van der Waals surface area contributed by atoms with Crippen LogP contribution in [0.2, 0.25) is 0 Å². The van der Waals surface area contributed by atoms with Crippen molar-refractivity contribution in [2.24, 2.45) is 40.4 Å². The zero-order valence-corrected chi connectivity index (χ0v) is 15.6. The average Bonchev–Trinajstić information content (AvgIpc) is 2.92. The first-order valence-electron chi connectivity index (χ1n) is 10.2. The average molecular weight is 331 g/mol. The summed E-state index contributed by atoms with van der Waals surface area (Å²) in [5.41, 5.74) is 2.26. The Bertz CT molecular complexity index is 552. The van der Waals surface area contributed by atoms with Gasteiger partial charge in [0.2, 0.25) is 0 Å². The van der Waals surface area contributed by atoms with Crippen LogP contribution >= 0.6 is 0 Å². The van der Waals surface area contributed by atoms with Gasteiger partial charge in [-0.3, -0.25) is 0 Å². The van der Waals surface area contributed by atoms with Gasteiger partial charge in [0.25, 0.3) is 0 Å². The predicted octanol–water partition coefficient (Wildman–Crippen LogP) is 4.76. The van der Waals surface area contributed by atoms with E-state index in [0.717, 1.165) is 30.6 Å². The van der Waals surface area contributed by atoms with Crippen molar-refractivity contribution < 1.29 is 9.90 Å². The highest BCUT2D eigenvalue weighted by atomic mass is 16.3. The minimum absolute atomic E-state index is 0.112. The molecule has 0 aromatic carbocycles. The van der Waals surface area contributed by atoms with Crippen LogP contribution in [0.15, 0.2) is 11.6 Å². The van der Waals surface area contributed by atoms with Gasteiger partial charge in [0.15, 0.2) is 0 Å². The van der Waals surface area contributed by atoms with Crippen molar-refractivity contribution in [3.8, 4) is 0 Å². The third-order valence-corrected chi connectivity index (χ3v) is 9.00. The number of aldehydes is 1. The summed E-state index contributed by atoms with van der Waals surface area (Å²) in [5.74, 6) is 3.20. The molecule has 0 bridgehead atoms. The molecule has 3 saturated carbocycles. The number of rotatable bonds is 2. The van der Waals surface area contributed by atoms with Crippen LogP contribution in [-0.2, 0) is 4.79 Å². The van der Waals surface area contributed by atoms with E-state index in [9.17, 15) is 9.90 Å². The van der Waals surface area contributed by atoms with Crippen LogP contribution in [0.25, 0.3) is 0 Å². The highest BCUT2D eigenvalue weighted by Crippen LogP contribution is 2.66. The van der Waals surface area contributed by atoms with Crippen molar-refractivity contribution in [1.82, 2.24) is 0 Å². The molecule has 0 aliphatic heterocycles. The highest BCUT2D eigenvalue weighted by molar-refractivity contribution is 5.53. The Balaban J connectivity index is 1.64. The summed E-state index contributed by atoms with van der Waals surface area (Å²) >= 11 is 0. The molecule has 3 unspecified atom stereocenters. The standard InChI is InChI=1S/C22H34O2/c1-14(13-23)18-6-7-19-17-5-4-15-12-16(24)8-10-21(15,2)20(17)9-11-22(18,19)3/h4,13-14,16-20,24H,5-12H2,1-3H3/t14-,16+,17?,18-,19?,20?,21+,22-/m1/s1. The maximum absolute atomic E-state index is 11.4. The maximum atomic E-state index is 11.4. The SMILES string of the molecule is C[C@H](C=O)[C@H]1CCC2C3CC=C4C[C@@H](O)CC[C@]4(C)C3CC[C@@]21C. The number of carbonyl (C=O) groups excluding carboxylic acids is 1. The predicted molar refractivity (Wildman–Crippen MR) is 96.4 cm³/mol. The molecule has 0 aromatic heterocycles. The second-order valence-corrected chi connectivity index (χ2v) is 9.88. The van der Waals surface area contributed by atoms with Gasteiger partial charge in [-0.2, -0.15) is 0 Å². The molecule has 0 spiro atoms. The smallest absolute Gasteiger partial charge is 0.123 e. The van der Waals surface area contributed by atoms with E-state index in [1.807, 2.05) is 0 Å². The molecule has 8 atom stereocenters. The first-order valence-corrected chi connectivity index (χ1v) is 10.2. The van der Waals surface area contributed by atoms with Gasteiger partial charge in [0.1, 0.15) is 6.29 Å². The van der Waals surface area contributed by atoms with Crippen molar-refractivity contribution in [3.63, 3.8) is 0 Å². The van der Waals surface area contributed by atoms with E-state index in [2.05, 4.69) is 26.8 Å². The quantitative estimate of drug-likeness (QED) is 0.585. The molecule has 0 amide bonds. The lowest BCUT2D eigenvalue weighted by Gasteiger charge is -2.58. The number of aliphatic hydroxyl groups is 1. The fourth-order valence-electron chi connectivity index (χ4n) is 7.64. The van der Waals surface area contributed by atoms with Crippen molar-refractivity contribution in [3.05, 3.63) is 11.6 Å². The second kappa shape index (κ2) is 5.69. The normalized spacial score (nSPS) is 51.8. The van der Waals surface area contributed by atoms with Crippen molar-refractivity contribution in [2.45, 2.75) is 78.2 Å². The van der Waals surface area contributed by atoms with Crippen LogP contribution in [-0.4, -0.2) is 17.5 Å². The zero-order chi connectivity index (χ0) is 17.1. The Kier molecular flexibility index (Phi) is 3.99. The van der Waals surface area contributed by atoms with Gasteiger partial charge in [0.05, 0.1) is 6.10 Å². The van der Waals surface area contributed by atoms with Gasteiger partial charge in [-0.1, -0.05) is 32.4 Å². The molecule has 3 fully saturated rings. The Morgan fingerprint density at radius 2 is 1.96 bits per heavy atom. The molecule has 0 saturated heterocycles. The Morgan fingerprint density at radius 3 is 2.71 bits per heavy atom. The van der Waals surface area contributed by atoms with Crippen LogP contribution in [0.5, 0.6) is 0 Å². The zero-order valence-electron chi connectivity index (χ0n) is 15.6. The molecule has 4 aliphatic rings. The first kappa shape index (κ1) is 16.8. The van der Waals surface area contributed by atoms with Gasteiger partial charge in [-0.25, -0.2) is 0 Å². The molecule has 2 heteroatoms. The van der Waals surface area contributed by atoms with Crippen LogP contribution in [0, 0.1) is 40.4 Å². The van der Waals surface area contributed by atoms with Gasteiger partial charge in [0, 0.05) is 5.92 Å². The Morgan fingerprint density at radius 1 is 1.17 bits per heavy atom. The number of carbonyl (C=O) groups is 1. The van der Waals surface area contributed by atoms with Crippen LogP contribution in [0.3, 0.4) is 0 Å². The number of allylic oxidation sites excluding steroid dienone is 1. The third kappa shape index (κ3) is 2.21. The molecule has 4 aliphatic carbocycles. The molecule has 0 heterocycles. The van der Waals surface area contributed by atoms with E-state index in [-0.39, 0.29) is 12.0 Å². The molecular weight excluding hydrogens is 296 g/mol. The van der Waals surface area contributed by atoms with E-state index >= 15 is 0 Å². The first-order chi connectivity index (χ1) is 11.4. The van der Waals surface area contributed by atoms with Gasteiger partial charge in [-0.15, -0.1) is 0 Å². The minimum Gasteiger partial charge on any atom is -0.393 e. The largest absolute Gasteiger partial charge is 0.393 e. The van der Waals surface area contributed by atoms with E-state index in [0.29, 0.717) is 16.7 Å². The van der Waals surface area contributed by atoms with Gasteiger partial charge in [-0.05, 0) is 85.9 Å². The number of aliphatic hydroxyl groups excluding tert-OH is 1. The van der Waals surface area contributed by atoms with Crippen LogP contribution in [0.4, 0.5) is 0 Å². The van der Waals surface area contributed by atoms with Crippen LogP contribution in [0.1, 0.15) is 72.1 Å². The fraction of sp³-hybridized carbons (Fsp3) is 0.864. The van der Waals surface area contributed by atoms with E-state index in [4.69, 9.17) is 0 Å². The van der Waals surface area contributed by atoms with E-state index in [1.54, 1.807) is 5.57 Å². The molecule has 2 nitrogen and oxygen atoms in total. The lowest BCUT2D eigenvalue weighted by atomic mass is 9.47. The molecule has 0 radical (unpaired) electrons. The summed E-state index contributed by atoms with van der Waals surface area (Å²) in [6, 6.07) is 0. The number of hydrogen-bond donors (Lipinski definition) is 1. The molecule has 1 N–H and O–H groups in total. The molecular formula is C22H34O2. The fourth-order valence-corrected chi connectivity index (χ4v) is 7.64. The monoisotopic (exact) mass is 330 g/mol. The summed E-state index contributed by atoms with van der Waals surface area (Å²) in [4.78, 5) is 11.4. The molecule has 24 heavy (non-hydrogen) atoms. The van der Waals surface area contributed by atoms with E-state index in [1.165, 1.54) is 44.8 Å². The molecule has 4 rings (SSSR count). The highest BCUT2D eigenvalue weighted by Gasteiger charge is 2.59. The lowest BCUT2D eigenvalue weighted by molar-refractivity contribution is -0.115. The van der Waals surface area contributed by atoms with Gasteiger partial charge < -0.3 is 9.90 Å². The third-order valence-electron chi connectivity index (χ3n) is 9.00. The molecule has 0 aromatic rings. The Labute approximate surface area is 147 Å². The summed E-state index contributed by atoms with van der Waals surface area (Å²) in [7, 11) is 0. The number of fused-ring (bicyclic) bond motifs is 5. The maximum Gasteiger partial charge on any atom is 0.123 e. The summed E-state index contributed by atoms with van der Waals surface area (Å²) < 4.78 is 0. The van der Waals surface area contributed by atoms with E-state index < -0.39 is 0 Å². The minimum atomic E-state index is -0.112. The topological polar surface area (TPSA) is 37.3 Å². The van der Waals surface area contributed by atoms with Gasteiger partial charge >= 0.3 is 0 Å².